The predicted molar refractivity (Wildman–Crippen MR) is 88.0 cm³/mol. The summed E-state index contributed by atoms with van der Waals surface area (Å²) in [6, 6.07) is 9.30. The summed E-state index contributed by atoms with van der Waals surface area (Å²) in [7, 11) is 0. The fourth-order valence-corrected chi connectivity index (χ4v) is 6.12. The summed E-state index contributed by atoms with van der Waals surface area (Å²) in [4.78, 5) is 0. The Morgan fingerprint density at radius 2 is 1.52 bits per heavy atom. The van der Waals surface area contributed by atoms with E-state index in [1.165, 1.54) is 56.1 Å². The van der Waals surface area contributed by atoms with Gasteiger partial charge in [0.15, 0.2) is 0 Å². The molecule has 0 aliphatic heterocycles. The van der Waals surface area contributed by atoms with Crippen molar-refractivity contribution in [3.05, 3.63) is 35.4 Å². The smallest absolute Gasteiger partial charge is 0.0300 e. The molecule has 1 aromatic rings. The number of hydrogen-bond acceptors (Lipinski definition) is 1. The Morgan fingerprint density at radius 1 is 1.00 bits per heavy atom. The van der Waals surface area contributed by atoms with Crippen LogP contribution in [0.5, 0.6) is 0 Å². The Kier molecular flexibility index (Phi) is 3.37. The zero-order chi connectivity index (χ0) is 14.4. The zero-order valence-corrected chi connectivity index (χ0v) is 13.4. The first-order chi connectivity index (χ1) is 10.2. The Labute approximate surface area is 129 Å². The molecule has 4 aliphatic rings. The van der Waals surface area contributed by atoms with E-state index in [0.717, 1.165) is 24.2 Å². The van der Waals surface area contributed by atoms with Crippen molar-refractivity contribution >= 4 is 0 Å². The van der Waals surface area contributed by atoms with E-state index in [2.05, 4.69) is 31.2 Å². The maximum Gasteiger partial charge on any atom is 0.0300 e. The number of hydrogen-bond donors (Lipinski definition) is 1. The van der Waals surface area contributed by atoms with Gasteiger partial charge in [0.25, 0.3) is 0 Å². The molecule has 4 fully saturated rings. The Hall–Kier alpha value is -0.820. The molecule has 1 nitrogen and oxygen atoms in total. The van der Waals surface area contributed by atoms with E-state index < -0.39 is 0 Å². The topological polar surface area (TPSA) is 26.0 Å². The van der Waals surface area contributed by atoms with Crippen molar-refractivity contribution in [3.8, 4) is 0 Å². The average molecular weight is 283 g/mol. The van der Waals surface area contributed by atoms with Gasteiger partial charge in [-0.25, -0.2) is 0 Å². The number of aryl methyl sites for hydroxylation is 1. The van der Waals surface area contributed by atoms with Gasteiger partial charge in [0.2, 0.25) is 0 Å². The van der Waals surface area contributed by atoms with Crippen LogP contribution in [0.4, 0.5) is 0 Å². The molecular weight excluding hydrogens is 254 g/mol. The Bertz CT molecular complexity index is 466. The van der Waals surface area contributed by atoms with Gasteiger partial charge in [0.05, 0.1) is 0 Å². The summed E-state index contributed by atoms with van der Waals surface area (Å²) in [6.07, 6.45) is 11.3. The molecule has 0 amide bonds. The minimum absolute atomic E-state index is 0.243. The molecule has 1 unspecified atom stereocenters. The number of rotatable bonds is 4. The van der Waals surface area contributed by atoms with Gasteiger partial charge in [-0.15, -0.1) is 0 Å². The normalized spacial score (nSPS) is 38.7. The third kappa shape index (κ3) is 2.54. The summed E-state index contributed by atoms with van der Waals surface area (Å²) in [5.41, 5.74) is 9.97. The van der Waals surface area contributed by atoms with Gasteiger partial charge < -0.3 is 5.73 Å². The van der Waals surface area contributed by atoms with E-state index in [0.29, 0.717) is 5.41 Å². The molecule has 1 aromatic carbocycles. The van der Waals surface area contributed by atoms with Gasteiger partial charge in [-0.05, 0) is 85.7 Å². The maximum atomic E-state index is 6.61. The van der Waals surface area contributed by atoms with E-state index in [1.807, 2.05) is 0 Å². The molecule has 1 atom stereocenters. The third-order valence-corrected chi connectivity index (χ3v) is 6.63. The van der Waals surface area contributed by atoms with Crippen molar-refractivity contribution in [3.63, 3.8) is 0 Å². The molecule has 0 radical (unpaired) electrons. The molecule has 4 aliphatic carbocycles. The number of benzene rings is 1. The SMILES string of the molecule is CCc1ccc(C(N)CC23CC4CC(CC(C4)C2)C3)cc1. The van der Waals surface area contributed by atoms with Crippen LogP contribution in [0.3, 0.4) is 0 Å². The molecule has 0 aromatic heterocycles. The van der Waals surface area contributed by atoms with Crippen LogP contribution in [0.25, 0.3) is 0 Å². The summed E-state index contributed by atoms with van der Waals surface area (Å²) < 4.78 is 0. The highest BCUT2D eigenvalue weighted by molar-refractivity contribution is 5.25. The summed E-state index contributed by atoms with van der Waals surface area (Å²) in [5, 5.41) is 0. The Morgan fingerprint density at radius 3 is 2.00 bits per heavy atom. The largest absolute Gasteiger partial charge is 0.324 e. The van der Waals surface area contributed by atoms with Gasteiger partial charge in [0, 0.05) is 6.04 Å². The molecule has 2 N–H and O–H groups in total. The maximum absolute atomic E-state index is 6.61. The van der Waals surface area contributed by atoms with Crippen molar-refractivity contribution in [2.24, 2.45) is 28.9 Å². The summed E-state index contributed by atoms with van der Waals surface area (Å²) >= 11 is 0. The van der Waals surface area contributed by atoms with Gasteiger partial charge in [-0.3, -0.25) is 0 Å². The second-order valence-electron chi connectivity index (χ2n) is 8.32. The van der Waals surface area contributed by atoms with Crippen LogP contribution in [0.15, 0.2) is 24.3 Å². The van der Waals surface area contributed by atoms with Crippen LogP contribution in [0.1, 0.15) is 69.0 Å². The monoisotopic (exact) mass is 283 g/mol. The lowest BCUT2D eigenvalue weighted by Gasteiger charge is -2.57. The lowest BCUT2D eigenvalue weighted by atomic mass is 9.48. The average Bonchev–Trinajstić information content (AvgIpc) is 2.45. The molecule has 0 spiro atoms. The molecule has 4 bridgehead atoms. The lowest BCUT2D eigenvalue weighted by molar-refractivity contribution is -0.0605. The van der Waals surface area contributed by atoms with Crippen molar-refractivity contribution in [2.45, 2.75) is 64.3 Å². The molecule has 0 heterocycles. The fraction of sp³-hybridized carbons (Fsp3) is 0.700. The molecule has 114 valence electrons. The van der Waals surface area contributed by atoms with E-state index in [9.17, 15) is 0 Å². The van der Waals surface area contributed by atoms with E-state index in [4.69, 9.17) is 5.73 Å². The fourth-order valence-electron chi connectivity index (χ4n) is 6.12. The molecule has 1 heteroatoms. The predicted octanol–water partition coefficient (Wildman–Crippen LogP) is 4.86. The van der Waals surface area contributed by atoms with Crippen LogP contribution in [0.2, 0.25) is 0 Å². The highest BCUT2D eigenvalue weighted by Gasteiger charge is 2.51. The quantitative estimate of drug-likeness (QED) is 0.839. The van der Waals surface area contributed by atoms with Crippen LogP contribution < -0.4 is 5.73 Å². The molecule has 4 saturated carbocycles. The number of nitrogens with two attached hydrogens (primary N) is 1. The molecule has 21 heavy (non-hydrogen) atoms. The van der Waals surface area contributed by atoms with Crippen molar-refractivity contribution in [1.82, 2.24) is 0 Å². The summed E-state index contributed by atoms with van der Waals surface area (Å²) in [6.45, 7) is 2.21. The van der Waals surface area contributed by atoms with E-state index >= 15 is 0 Å². The van der Waals surface area contributed by atoms with Crippen LogP contribution >= 0.6 is 0 Å². The van der Waals surface area contributed by atoms with E-state index in [1.54, 1.807) is 0 Å². The van der Waals surface area contributed by atoms with Crippen LogP contribution in [-0.2, 0) is 6.42 Å². The molecule has 0 saturated heterocycles. The zero-order valence-electron chi connectivity index (χ0n) is 13.4. The van der Waals surface area contributed by atoms with Gasteiger partial charge in [0.1, 0.15) is 0 Å². The first-order valence-electron chi connectivity index (χ1n) is 9.00. The van der Waals surface area contributed by atoms with Crippen molar-refractivity contribution in [1.29, 1.82) is 0 Å². The van der Waals surface area contributed by atoms with Gasteiger partial charge in [-0.1, -0.05) is 31.2 Å². The second-order valence-corrected chi connectivity index (χ2v) is 8.32. The molecular formula is C20H29N. The van der Waals surface area contributed by atoms with E-state index in [-0.39, 0.29) is 6.04 Å². The highest BCUT2D eigenvalue weighted by Crippen LogP contribution is 2.62. The van der Waals surface area contributed by atoms with Gasteiger partial charge in [-0.2, -0.15) is 0 Å². The Balaban J connectivity index is 1.49. The lowest BCUT2D eigenvalue weighted by Crippen LogP contribution is -2.47. The minimum atomic E-state index is 0.243. The minimum Gasteiger partial charge on any atom is -0.324 e. The first-order valence-corrected chi connectivity index (χ1v) is 9.00. The third-order valence-electron chi connectivity index (χ3n) is 6.63. The first kappa shape index (κ1) is 13.8. The van der Waals surface area contributed by atoms with Crippen LogP contribution in [0, 0.1) is 23.2 Å². The highest BCUT2D eigenvalue weighted by atomic mass is 14.7. The van der Waals surface area contributed by atoms with Gasteiger partial charge >= 0.3 is 0 Å². The molecule has 5 rings (SSSR count). The summed E-state index contributed by atoms with van der Waals surface area (Å²) in [5.74, 6) is 3.10. The van der Waals surface area contributed by atoms with Crippen molar-refractivity contribution < 1.29 is 0 Å². The van der Waals surface area contributed by atoms with Crippen LogP contribution in [-0.4, -0.2) is 0 Å². The second kappa shape index (κ2) is 5.12. The standard InChI is InChI=1S/C20H29N/c1-2-14-3-5-18(6-4-14)19(21)13-20-10-15-7-16(11-20)9-17(8-15)12-20/h3-6,15-17,19H,2,7-13,21H2,1H3. The van der Waals surface area contributed by atoms with Crippen molar-refractivity contribution in [2.75, 3.05) is 0 Å².